The summed E-state index contributed by atoms with van der Waals surface area (Å²) in [6, 6.07) is 12.7. The Balaban J connectivity index is 0.972. The SMILES string of the molecule is O=C(NC(Cc1ccc2[nH]ncc2c1)C(=O)N1CCC2(CC1)OCCO2)ON1CCC(N2Cc3ccccc3NC2=O)CC1. The molecular formula is C31H37N7O6. The number of piperidine rings is 2. The van der Waals surface area contributed by atoms with Gasteiger partial charge in [0.1, 0.15) is 6.04 Å². The molecule has 3 saturated heterocycles. The first-order valence-electron chi connectivity index (χ1n) is 15.3. The summed E-state index contributed by atoms with van der Waals surface area (Å²) < 4.78 is 11.7. The molecule has 1 aromatic heterocycles. The Morgan fingerprint density at radius 2 is 1.84 bits per heavy atom. The highest BCUT2D eigenvalue weighted by atomic mass is 16.7. The molecular weight excluding hydrogens is 566 g/mol. The molecule has 0 saturated carbocycles. The van der Waals surface area contributed by atoms with Gasteiger partial charge in [-0.05, 0) is 42.2 Å². The first-order valence-corrected chi connectivity index (χ1v) is 15.3. The molecule has 1 unspecified atom stereocenters. The van der Waals surface area contributed by atoms with Gasteiger partial charge in [-0.2, -0.15) is 5.10 Å². The molecule has 0 aliphatic carbocycles. The van der Waals surface area contributed by atoms with Gasteiger partial charge in [0.25, 0.3) is 0 Å². The Labute approximate surface area is 254 Å². The van der Waals surface area contributed by atoms with Crippen LogP contribution in [-0.4, -0.2) is 100 Å². The second kappa shape index (κ2) is 12.1. The number of amides is 4. The van der Waals surface area contributed by atoms with Gasteiger partial charge in [0.05, 0.1) is 24.9 Å². The maximum absolute atomic E-state index is 13.8. The van der Waals surface area contributed by atoms with Crippen molar-refractivity contribution in [1.82, 2.24) is 30.4 Å². The predicted molar refractivity (Wildman–Crippen MR) is 159 cm³/mol. The number of nitrogens with zero attached hydrogens (tertiary/aromatic N) is 4. The van der Waals surface area contributed by atoms with Crippen LogP contribution in [0.3, 0.4) is 0 Å². The van der Waals surface area contributed by atoms with Gasteiger partial charge in [0.15, 0.2) is 5.79 Å². The lowest BCUT2D eigenvalue weighted by Gasteiger charge is -2.40. The van der Waals surface area contributed by atoms with Crippen LogP contribution in [0.2, 0.25) is 0 Å². The van der Waals surface area contributed by atoms with Crippen molar-refractivity contribution in [2.45, 2.75) is 56.5 Å². The van der Waals surface area contributed by atoms with Crippen molar-refractivity contribution in [3.8, 4) is 0 Å². The van der Waals surface area contributed by atoms with Crippen molar-refractivity contribution in [1.29, 1.82) is 0 Å². The van der Waals surface area contributed by atoms with E-state index >= 15 is 0 Å². The van der Waals surface area contributed by atoms with Crippen LogP contribution < -0.4 is 10.6 Å². The van der Waals surface area contributed by atoms with E-state index < -0.39 is 17.9 Å². The second-order valence-electron chi connectivity index (χ2n) is 11.9. The number of nitrogens with one attached hydrogen (secondary N) is 3. The van der Waals surface area contributed by atoms with E-state index in [0.29, 0.717) is 78.0 Å². The highest BCUT2D eigenvalue weighted by Crippen LogP contribution is 2.32. The van der Waals surface area contributed by atoms with Crippen LogP contribution in [0.15, 0.2) is 48.7 Å². The number of carbonyl (C=O) groups excluding carboxylic acids is 3. The fourth-order valence-corrected chi connectivity index (χ4v) is 6.68. The van der Waals surface area contributed by atoms with E-state index in [1.807, 2.05) is 47.4 Å². The minimum Gasteiger partial charge on any atom is -0.351 e. The van der Waals surface area contributed by atoms with Crippen LogP contribution in [0.25, 0.3) is 10.9 Å². The van der Waals surface area contributed by atoms with Crippen LogP contribution in [0.4, 0.5) is 15.3 Å². The number of benzene rings is 2. The van der Waals surface area contributed by atoms with Gasteiger partial charge in [0, 0.05) is 69.1 Å². The molecule has 4 aliphatic rings. The average Bonchev–Trinajstić information content (AvgIpc) is 3.70. The van der Waals surface area contributed by atoms with Crippen LogP contribution >= 0.6 is 0 Å². The van der Waals surface area contributed by atoms with E-state index in [1.54, 1.807) is 16.2 Å². The predicted octanol–water partition coefficient (Wildman–Crippen LogP) is 2.99. The van der Waals surface area contributed by atoms with Crippen molar-refractivity contribution in [3.63, 3.8) is 0 Å². The Kier molecular flexibility index (Phi) is 7.83. The third-order valence-corrected chi connectivity index (χ3v) is 9.12. The van der Waals surface area contributed by atoms with Crippen molar-refractivity contribution >= 4 is 34.6 Å². The summed E-state index contributed by atoms with van der Waals surface area (Å²) in [7, 11) is 0. The van der Waals surface area contributed by atoms with E-state index in [0.717, 1.165) is 27.7 Å². The zero-order valence-electron chi connectivity index (χ0n) is 24.5. The number of carbonyl (C=O) groups is 3. The molecule has 232 valence electrons. The Morgan fingerprint density at radius 3 is 2.64 bits per heavy atom. The van der Waals surface area contributed by atoms with Crippen molar-refractivity contribution in [2.75, 3.05) is 44.7 Å². The van der Waals surface area contributed by atoms with Gasteiger partial charge in [-0.3, -0.25) is 9.89 Å². The molecule has 4 amide bonds. The third kappa shape index (κ3) is 5.94. The molecule has 7 rings (SSSR count). The monoisotopic (exact) mass is 603 g/mol. The first kappa shape index (κ1) is 28.6. The molecule has 4 aliphatic heterocycles. The summed E-state index contributed by atoms with van der Waals surface area (Å²) in [5, 5.41) is 15.4. The molecule has 5 heterocycles. The fourth-order valence-electron chi connectivity index (χ4n) is 6.68. The normalized spacial score (nSPS) is 21.2. The van der Waals surface area contributed by atoms with Gasteiger partial charge in [-0.1, -0.05) is 24.3 Å². The summed E-state index contributed by atoms with van der Waals surface area (Å²) in [4.78, 5) is 49.0. The van der Waals surface area contributed by atoms with Crippen LogP contribution in [0.1, 0.15) is 36.8 Å². The van der Waals surface area contributed by atoms with Gasteiger partial charge in [-0.25, -0.2) is 9.59 Å². The minimum atomic E-state index is -0.819. The topological polar surface area (TPSA) is 141 Å². The van der Waals surface area contributed by atoms with Gasteiger partial charge in [0.2, 0.25) is 5.91 Å². The largest absolute Gasteiger partial charge is 0.426 e. The van der Waals surface area contributed by atoms with Crippen LogP contribution in [-0.2, 0) is 32.1 Å². The fraction of sp³-hybridized carbons (Fsp3) is 0.484. The third-order valence-electron chi connectivity index (χ3n) is 9.12. The molecule has 13 heteroatoms. The average molecular weight is 604 g/mol. The van der Waals surface area contributed by atoms with Gasteiger partial charge in [-0.15, -0.1) is 5.06 Å². The Bertz CT molecular complexity index is 1520. The number of ether oxygens (including phenoxy) is 2. The lowest BCUT2D eigenvalue weighted by atomic mass is 10.00. The second-order valence-corrected chi connectivity index (χ2v) is 11.9. The summed E-state index contributed by atoms with van der Waals surface area (Å²) in [5.74, 6) is -0.771. The molecule has 1 atom stereocenters. The van der Waals surface area contributed by atoms with Crippen molar-refractivity contribution in [2.24, 2.45) is 0 Å². The maximum Gasteiger partial charge on any atom is 0.426 e. The lowest BCUT2D eigenvalue weighted by molar-refractivity contribution is -0.188. The number of hydroxylamine groups is 2. The molecule has 13 nitrogen and oxygen atoms in total. The van der Waals surface area contributed by atoms with Crippen molar-refractivity contribution < 1.29 is 28.7 Å². The van der Waals surface area contributed by atoms with E-state index in [2.05, 4.69) is 20.8 Å². The number of H-pyrrole nitrogens is 1. The lowest BCUT2D eigenvalue weighted by Crippen LogP contribution is -2.55. The summed E-state index contributed by atoms with van der Waals surface area (Å²) in [6.45, 7) is 3.61. The molecule has 0 radical (unpaired) electrons. The highest BCUT2D eigenvalue weighted by Gasteiger charge is 2.42. The molecule has 3 fully saturated rings. The summed E-state index contributed by atoms with van der Waals surface area (Å²) in [5.41, 5.74) is 3.73. The Hall–Kier alpha value is -4.20. The van der Waals surface area contributed by atoms with Crippen LogP contribution in [0.5, 0.6) is 0 Å². The smallest absolute Gasteiger partial charge is 0.351 e. The van der Waals surface area contributed by atoms with Gasteiger partial charge >= 0.3 is 12.1 Å². The van der Waals surface area contributed by atoms with Gasteiger partial charge < -0.3 is 34.7 Å². The summed E-state index contributed by atoms with van der Waals surface area (Å²) >= 11 is 0. The number of aromatic amines is 1. The molecule has 1 spiro atoms. The maximum atomic E-state index is 13.8. The molecule has 44 heavy (non-hydrogen) atoms. The highest BCUT2D eigenvalue weighted by molar-refractivity contribution is 5.92. The summed E-state index contributed by atoms with van der Waals surface area (Å²) in [6.07, 6.45) is 3.87. The van der Waals surface area contributed by atoms with E-state index in [1.165, 1.54) is 0 Å². The Morgan fingerprint density at radius 1 is 1.07 bits per heavy atom. The molecule has 3 aromatic rings. The minimum absolute atomic E-state index is 0.0358. The number of aromatic nitrogens is 2. The standard InChI is InChI=1S/C31H37N7O6/c39-28(36-13-9-31(10-14-36)42-15-16-43-31)27(18-21-5-6-26-23(17-21)19-32-35-26)34-30(41)44-37-11-7-24(8-12-37)38-20-22-3-1-2-4-25(22)33-29(38)40/h1-6,17,19,24,27H,7-16,18,20H2,(H,32,35)(H,33,40)(H,34,41). The van der Waals surface area contributed by atoms with E-state index in [9.17, 15) is 14.4 Å². The van der Waals surface area contributed by atoms with Crippen molar-refractivity contribution in [3.05, 3.63) is 59.8 Å². The quantitative estimate of drug-likeness (QED) is 0.391. The number of rotatable bonds is 6. The van der Waals surface area contributed by atoms with E-state index in [-0.39, 0.29) is 18.0 Å². The molecule has 2 aromatic carbocycles. The van der Waals surface area contributed by atoms with E-state index in [4.69, 9.17) is 14.3 Å². The number of hydrogen-bond acceptors (Lipinski definition) is 8. The first-order chi connectivity index (χ1) is 21.4. The molecule has 3 N–H and O–H groups in total. The number of urea groups is 1. The number of para-hydroxylation sites is 1. The van der Waals surface area contributed by atoms with Crippen LogP contribution in [0, 0.1) is 0 Å². The number of hydrogen-bond donors (Lipinski definition) is 3. The zero-order valence-corrected chi connectivity index (χ0v) is 24.5. The molecule has 0 bridgehead atoms. The number of anilines is 1. The zero-order chi connectivity index (χ0) is 30.1. The number of likely N-dealkylation sites (tertiary alicyclic amines) is 1. The number of fused-ring (bicyclic) bond motifs is 2.